The third kappa shape index (κ3) is 4.96. The first-order chi connectivity index (χ1) is 17.9. The number of pyridine rings is 1. The molecule has 0 saturated carbocycles. The molecule has 5 heterocycles. The zero-order valence-electron chi connectivity index (χ0n) is 22.0. The molecule has 0 spiro atoms. The second kappa shape index (κ2) is 10.3. The van der Waals surface area contributed by atoms with Crippen LogP contribution < -0.4 is 9.47 Å². The summed E-state index contributed by atoms with van der Waals surface area (Å²) < 4.78 is 16.1. The van der Waals surface area contributed by atoms with Crippen LogP contribution in [0, 0.1) is 0 Å². The number of nitrogens with zero attached hydrogens (tertiary/aromatic N) is 7. The first-order valence-electron chi connectivity index (χ1n) is 12.7. The summed E-state index contributed by atoms with van der Waals surface area (Å²) in [6, 6.07) is 2.01. The first-order valence-corrected chi connectivity index (χ1v) is 12.7. The van der Waals surface area contributed by atoms with Gasteiger partial charge in [0, 0.05) is 25.5 Å². The van der Waals surface area contributed by atoms with Gasteiger partial charge in [-0.1, -0.05) is 6.92 Å². The van der Waals surface area contributed by atoms with Gasteiger partial charge in [-0.25, -0.2) is 4.68 Å². The van der Waals surface area contributed by atoms with Gasteiger partial charge in [-0.3, -0.25) is 19.7 Å². The maximum absolute atomic E-state index is 9.75. The number of aryl methyl sites for hydroxylation is 1. The Balaban J connectivity index is 1.70. The van der Waals surface area contributed by atoms with Gasteiger partial charge in [-0.05, 0) is 45.5 Å². The Morgan fingerprint density at radius 3 is 2.86 bits per heavy atom. The zero-order valence-corrected chi connectivity index (χ0v) is 22.0. The van der Waals surface area contributed by atoms with Gasteiger partial charge in [0.05, 0.1) is 65.4 Å². The van der Waals surface area contributed by atoms with Crippen molar-refractivity contribution in [1.29, 1.82) is 0 Å². The molecule has 0 amide bonds. The van der Waals surface area contributed by atoms with Crippen molar-refractivity contribution in [3.63, 3.8) is 0 Å². The van der Waals surface area contributed by atoms with Gasteiger partial charge in [0.1, 0.15) is 6.10 Å². The summed E-state index contributed by atoms with van der Waals surface area (Å²) in [5.41, 5.74) is 5.05. The van der Waals surface area contributed by atoms with Crippen molar-refractivity contribution < 1.29 is 14.6 Å². The molecule has 0 aliphatic carbocycles. The molecule has 0 fully saturated rings. The van der Waals surface area contributed by atoms with Crippen molar-refractivity contribution in [3.05, 3.63) is 35.4 Å². The Morgan fingerprint density at radius 2 is 2.11 bits per heavy atom. The van der Waals surface area contributed by atoms with Crippen molar-refractivity contribution in [3.8, 4) is 23.0 Å². The van der Waals surface area contributed by atoms with Gasteiger partial charge in [-0.15, -0.1) is 5.10 Å². The fourth-order valence-electron chi connectivity index (χ4n) is 4.63. The fraction of sp³-hybridized carbons (Fsp3) is 0.462. The molecular weight excluding hydrogens is 472 g/mol. The van der Waals surface area contributed by atoms with Gasteiger partial charge in [0.2, 0.25) is 11.8 Å². The summed E-state index contributed by atoms with van der Waals surface area (Å²) >= 11 is 0. The van der Waals surface area contributed by atoms with Crippen LogP contribution in [0.1, 0.15) is 44.6 Å². The van der Waals surface area contributed by atoms with Crippen LogP contribution in [0.2, 0.25) is 0 Å². The number of H-pyrrole nitrogens is 1. The number of ether oxygens (including phenoxy) is 2. The van der Waals surface area contributed by atoms with Crippen molar-refractivity contribution in [2.75, 3.05) is 19.7 Å². The van der Waals surface area contributed by atoms with Crippen LogP contribution in [-0.2, 0) is 20.1 Å². The third-order valence-corrected chi connectivity index (χ3v) is 6.42. The molecule has 0 radical (unpaired) electrons. The van der Waals surface area contributed by atoms with E-state index in [-0.39, 0.29) is 18.8 Å². The number of nitrogens with one attached hydrogen (secondary N) is 1. The van der Waals surface area contributed by atoms with Crippen molar-refractivity contribution in [2.24, 2.45) is 7.05 Å². The van der Waals surface area contributed by atoms with E-state index in [2.05, 4.69) is 39.0 Å². The lowest BCUT2D eigenvalue weighted by atomic mass is 10.1. The number of rotatable bonds is 5. The Morgan fingerprint density at radius 1 is 1.27 bits per heavy atom. The van der Waals surface area contributed by atoms with Gasteiger partial charge < -0.3 is 14.6 Å². The molecule has 1 unspecified atom stereocenters. The highest BCUT2D eigenvalue weighted by atomic mass is 16.5. The van der Waals surface area contributed by atoms with E-state index in [1.54, 1.807) is 17.1 Å². The molecule has 196 valence electrons. The van der Waals surface area contributed by atoms with Crippen LogP contribution in [-0.4, -0.2) is 76.7 Å². The van der Waals surface area contributed by atoms with E-state index in [0.29, 0.717) is 31.4 Å². The van der Waals surface area contributed by atoms with Crippen molar-refractivity contribution in [1.82, 2.24) is 39.6 Å². The number of aliphatic hydroxyl groups is 1. The number of aliphatic hydroxyl groups excluding tert-OH is 1. The predicted molar refractivity (Wildman–Crippen MR) is 141 cm³/mol. The SMILES string of the molecule is CCN1Cc2c(c(OC(C)C)nn2CCO)/C=C/c2n[nH]c3cnc(cc23)-c2cnn(C)c2OC(C)C1. The molecule has 37 heavy (non-hydrogen) atoms. The fourth-order valence-corrected chi connectivity index (χ4v) is 4.63. The Labute approximate surface area is 215 Å². The summed E-state index contributed by atoms with van der Waals surface area (Å²) in [4.78, 5) is 6.95. The van der Waals surface area contributed by atoms with E-state index >= 15 is 0 Å². The molecule has 2 N–H and O–H groups in total. The third-order valence-electron chi connectivity index (χ3n) is 6.42. The molecule has 0 aromatic carbocycles. The topological polar surface area (TPSA) is 119 Å². The highest BCUT2D eigenvalue weighted by molar-refractivity contribution is 5.91. The van der Waals surface area contributed by atoms with Crippen LogP contribution in [0.3, 0.4) is 0 Å². The second-order valence-electron chi connectivity index (χ2n) is 9.58. The van der Waals surface area contributed by atoms with E-state index in [1.165, 1.54) is 0 Å². The smallest absolute Gasteiger partial charge is 0.240 e. The number of hydrogen-bond donors (Lipinski definition) is 2. The lowest BCUT2D eigenvalue weighted by Crippen LogP contribution is -2.34. The normalized spacial score (nSPS) is 17.3. The lowest BCUT2D eigenvalue weighted by Gasteiger charge is -2.25. The number of aromatic nitrogens is 7. The number of aromatic amines is 1. The molecule has 4 aromatic rings. The maximum Gasteiger partial charge on any atom is 0.240 e. The molecular formula is C26H34N8O3. The summed E-state index contributed by atoms with van der Waals surface area (Å²) in [6.07, 6.45) is 7.38. The minimum Gasteiger partial charge on any atom is -0.473 e. The molecule has 2 bridgehead atoms. The van der Waals surface area contributed by atoms with E-state index in [9.17, 15) is 5.11 Å². The molecule has 11 nitrogen and oxygen atoms in total. The molecule has 4 aromatic heterocycles. The van der Waals surface area contributed by atoms with Crippen LogP contribution in [0.15, 0.2) is 18.5 Å². The van der Waals surface area contributed by atoms with Crippen LogP contribution in [0.5, 0.6) is 11.8 Å². The van der Waals surface area contributed by atoms with Gasteiger partial charge in [0.15, 0.2) is 0 Å². The van der Waals surface area contributed by atoms with Crippen LogP contribution >= 0.6 is 0 Å². The van der Waals surface area contributed by atoms with Crippen molar-refractivity contribution >= 4 is 23.1 Å². The Kier molecular flexibility index (Phi) is 6.98. The molecule has 1 aliphatic heterocycles. The minimum atomic E-state index is -0.118. The monoisotopic (exact) mass is 506 g/mol. The molecule has 1 aliphatic rings. The molecule has 0 saturated heterocycles. The first kappa shape index (κ1) is 25.0. The molecule has 1 atom stereocenters. The van der Waals surface area contributed by atoms with Crippen molar-refractivity contribution in [2.45, 2.75) is 53.0 Å². The largest absolute Gasteiger partial charge is 0.473 e. The average Bonchev–Trinajstić information content (AvgIpc) is 3.52. The van der Waals surface area contributed by atoms with Gasteiger partial charge in [-0.2, -0.15) is 10.2 Å². The highest BCUT2D eigenvalue weighted by Crippen LogP contribution is 2.33. The van der Waals surface area contributed by atoms with Gasteiger partial charge in [0.25, 0.3) is 0 Å². The zero-order chi connectivity index (χ0) is 26.1. The van der Waals surface area contributed by atoms with E-state index < -0.39 is 0 Å². The number of fused-ring (bicyclic) bond motifs is 4. The van der Waals surface area contributed by atoms with Gasteiger partial charge >= 0.3 is 0 Å². The number of hydrogen-bond acceptors (Lipinski definition) is 8. The Hall–Kier alpha value is -3.70. The predicted octanol–water partition coefficient (Wildman–Crippen LogP) is 3.11. The van der Waals surface area contributed by atoms with E-state index in [1.807, 2.05) is 43.8 Å². The summed E-state index contributed by atoms with van der Waals surface area (Å²) in [7, 11) is 1.87. The van der Waals surface area contributed by atoms with E-state index in [0.717, 1.165) is 45.7 Å². The number of likely N-dealkylation sites (N-methyl/N-ethyl adjacent to an activating group) is 1. The van der Waals surface area contributed by atoms with Crippen LogP contribution in [0.25, 0.3) is 34.3 Å². The van der Waals surface area contributed by atoms with Crippen LogP contribution in [0.4, 0.5) is 0 Å². The standard InChI is InChI=1S/C26H34N8O3/c1-6-33-14-17(4)37-26-20(12-28-32(26)5)22-11-19-21(29-30-23(19)13-27-22)8-7-18-24(15-33)34(9-10-35)31-25(18)36-16(2)3/h7-8,11-13,16-17,35H,6,9-10,14-15H2,1-5H3,(H,29,30)/b8-7+. The second-order valence-corrected chi connectivity index (χ2v) is 9.58. The highest BCUT2D eigenvalue weighted by Gasteiger charge is 2.23. The maximum atomic E-state index is 9.75. The summed E-state index contributed by atoms with van der Waals surface area (Å²) in [6.45, 7) is 10.6. The van der Waals surface area contributed by atoms with E-state index in [4.69, 9.17) is 14.6 Å². The summed E-state index contributed by atoms with van der Waals surface area (Å²) in [5.74, 6) is 1.21. The minimum absolute atomic E-state index is 0.0202. The molecule has 5 rings (SSSR count). The lowest BCUT2D eigenvalue weighted by molar-refractivity contribution is 0.133. The molecule has 11 heteroatoms. The Bertz CT molecular complexity index is 1420. The quantitative estimate of drug-likeness (QED) is 0.424. The summed E-state index contributed by atoms with van der Waals surface area (Å²) in [5, 5.41) is 27.5. The average molecular weight is 507 g/mol.